The van der Waals surface area contributed by atoms with Crippen LogP contribution in [0.25, 0.3) is 0 Å². The van der Waals surface area contributed by atoms with Gasteiger partial charge in [0.25, 0.3) is 0 Å². The van der Waals surface area contributed by atoms with Crippen LogP contribution in [-0.4, -0.2) is 46.6 Å². The number of carbonyl (C=O) groups excluding carboxylic acids is 1. The topological polar surface area (TPSA) is 55.3 Å². The van der Waals surface area contributed by atoms with Crippen molar-refractivity contribution in [1.29, 1.82) is 0 Å². The predicted molar refractivity (Wildman–Crippen MR) is 79.3 cm³/mol. The summed E-state index contributed by atoms with van der Waals surface area (Å²) in [6, 6.07) is -0.0519. The van der Waals surface area contributed by atoms with Crippen molar-refractivity contribution in [3.05, 3.63) is 22.8 Å². The lowest BCUT2D eigenvalue weighted by molar-refractivity contribution is -0.146. The lowest BCUT2D eigenvalue weighted by Crippen LogP contribution is -2.50. The van der Waals surface area contributed by atoms with Crippen molar-refractivity contribution in [2.75, 3.05) is 19.8 Å². The Labute approximate surface area is 138 Å². The quantitative estimate of drug-likeness (QED) is 0.784. The number of morpholine rings is 1. The molecular weight excluding hydrogens is 323 g/mol. The molecule has 0 aromatic carbocycles. The average Bonchev–Trinajstić information content (AvgIpc) is 2.52. The summed E-state index contributed by atoms with van der Waals surface area (Å²) in [7, 11) is 0. The van der Waals surface area contributed by atoms with Crippen LogP contribution in [0.5, 0.6) is 0 Å². The van der Waals surface area contributed by atoms with Gasteiger partial charge >= 0.3 is 6.18 Å². The van der Waals surface area contributed by atoms with Gasteiger partial charge in [-0.05, 0) is 33.1 Å². The molecule has 0 saturated carbocycles. The maximum atomic E-state index is 13.3. The molecule has 2 heterocycles. The number of ether oxygens (including phenoxy) is 1. The molecule has 0 radical (unpaired) electrons. The molecule has 1 amide bonds. The molecule has 1 saturated heterocycles. The Morgan fingerprint density at radius 2 is 2.08 bits per heavy atom. The molecule has 2 atom stereocenters. The minimum Gasteiger partial charge on any atom is -0.377 e. The first-order valence-electron chi connectivity index (χ1n) is 8.09. The highest BCUT2D eigenvalue weighted by Gasteiger charge is 2.41. The summed E-state index contributed by atoms with van der Waals surface area (Å²) in [6.07, 6.45) is -3.59. The lowest BCUT2D eigenvalue weighted by Gasteiger charge is -2.37. The number of aromatic nitrogens is 2. The monoisotopic (exact) mass is 343 g/mol. The second kappa shape index (κ2) is 6.31. The van der Waals surface area contributed by atoms with E-state index >= 15 is 0 Å². The molecule has 5 nitrogen and oxygen atoms in total. The molecule has 2 aliphatic rings. The largest absolute Gasteiger partial charge is 0.433 e. The number of hydrogen-bond donors (Lipinski definition) is 0. The van der Waals surface area contributed by atoms with Gasteiger partial charge in [0.15, 0.2) is 5.69 Å². The van der Waals surface area contributed by atoms with Crippen molar-refractivity contribution in [1.82, 2.24) is 14.9 Å². The SMILES string of the molecule is Cc1nc2c(c(C(F)(F)F)n1)C[C@@H](C(=O)N1CCOC[C@@H]1C)CC2. The number of aryl methyl sites for hydroxylation is 2. The highest BCUT2D eigenvalue weighted by molar-refractivity contribution is 5.80. The second-order valence-corrected chi connectivity index (χ2v) is 6.44. The minimum atomic E-state index is -4.53. The molecule has 1 aliphatic carbocycles. The van der Waals surface area contributed by atoms with Gasteiger partial charge in [-0.2, -0.15) is 13.2 Å². The van der Waals surface area contributed by atoms with Crippen LogP contribution in [0.4, 0.5) is 13.2 Å². The van der Waals surface area contributed by atoms with Crippen LogP contribution in [0.2, 0.25) is 0 Å². The van der Waals surface area contributed by atoms with Crippen LogP contribution in [0.3, 0.4) is 0 Å². The van der Waals surface area contributed by atoms with E-state index < -0.39 is 17.8 Å². The fourth-order valence-corrected chi connectivity index (χ4v) is 3.47. The van der Waals surface area contributed by atoms with Crippen molar-refractivity contribution in [2.24, 2.45) is 5.92 Å². The average molecular weight is 343 g/mol. The van der Waals surface area contributed by atoms with E-state index in [9.17, 15) is 18.0 Å². The number of hydrogen-bond acceptors (Lipinski definition) is 4. The first-order valence-corrected chi connectivity index (χ1v) is 8.09. The highest BCUT2D eigenvalue weighted by atomic mass is 19.4. The molecular formula is C16H20F3N3O2. The summed E-state index contributed by atoms with van der Waals surface area (Å²) < 4.78 is 45.2. The summed E-state index contributed by atoms with van der Waals surface area (Å²) >= 11 is 0. The molecule has 1 fully saturated rings. The first-order chi connectivity index (χ1) is 11.3. The van der Waals surface area contributed by atoms with Crippen LogP contribution in [0.1, 0.15) is 36.1 Å². The predicted octanol–water partition coefficient (Wildman–Crippen LogP) is 2.16. The summed E-state index contributed by atoms with van der Waals surface area (Å²) in [4.78, 5) is 22.2. The molecule has 0 N–H and O–H groups in total. The van der Waals surface area contributed by atoms with Crippen LogP contribution in [0, 0.1) is 12.8 Å². The third-order valence-electron chi connectivity index (χ3n) is 4.65. The molecule has 0 spiro atoms. The van der Waals surface area contributed by atoms with E-state index in [1.165, 1.54) is 6.92 Å². The summed E-state index contributed by atoms with van der Waals surface area (Å²) in [5.74, 6) is -0.428. The summed E-state index contributed by atoms with van der Waals surface area (Å²) in [5, 5.41) is 0. The highest BCUT2D eigenvalue weighted by Crippen LogP contribution is 2.36. The lowest BCUT2D eigenvalue weighted by atomic mass is 9.84. The van der Waals surface area contributed by atoms with Crippen molar-refractivity contribution < 1.29 is 22.7 Å². The van der Waals surface area contributed by atoms with E-state index in [-0.39, 0.29) is 29.8 Å². The van der Waals surface area contributed by atoms with E-state index in [1.54, 1.807) is 4.90 Å². The van der Waals surface area contributed by atoms with Gasteiger partial charge in [0, 0.05) is 23.7 Å². The molecule has 3 rings (SSSR count). The third-order valence-corrected chi connectivity index (χ3v) is 4.65. The molecule has 24 heavy (non-hydrogen) atoms. The van der Waals surface area contributed by atoms with Gasteiger partial charge in [-0.25, -0.2) is 9.97 Å². The number of halogens is 3. The van der Waals surface area contributed by atoms with E-state index in [2.05, 4.69) is 9.97 Å². The Balaban J connectivity index is 1.87. The van der Waals surface area contributed by atoms with Gasteiger partial charge in [0.2, 0.25) is 5.91 Å². The van der Waals surface area contributed by atoms with Gasteiger partial charge in [0.05, 0.1) is 19.3 Å². The molecule has 8 heteroatoms. The maximum Gasteiger partial charge on any atom is 0.433 e. The number of fused-ring (bicyclic) bond motifs is 1. The van der Waals surface area contributed by atoms with E-state index in [0.717, 1.165) is 0 Å². The number of rotatable bonds is 1. The van der Waals surface area contributed by atoms with Crippen LogP contribution in [0.15, 0.2) is 0 Å². The van der Waals surface area contributed by atoms with Crippen molar-refractivity contribution in [3.8, 4) is 0 Å². The number of carbonyl (C=O) groups is 1. The van der Waals surface area contributed by atoms with Crippen molar-refractivity contribution >= 4 is 5.91 Å². The zero-order chi connectivity index (χ0) is 17.5. The standard InChI is InChI=1S/C16H20F3N3O2/c1-9-8-24-6-5-22(9)15(23)11-3-4-13-12(7-11)14(16(17,18)19)21-10(2)20-13/h9,11H,3-8H2,1-2H3/t9-,11-/m0/s1. The third kappa shape index (κ3) is 3.24. The fourth-order valence-electron chi connectivity index (χ4n) is 3.47. The van der Waals surface area contributed by atoms with Gasteiger partial charge in [-0.3, -0.25) is 4.79 Å². The van der Waals surface area contributed by atoms with E-state index in [1.807, 2.05) is 6.92 Å². The summed E-state index contributed by atoms with van der Waals surface area (Å²) in [5.41, 5.74) is -0.384. The zero-order valence-electron chi connectivity index (χ0n) is 13.7. The van der Waals surface area contributed by atoms with Crippen LogP contribution < -0.4 is 0 Å². The number of alkyl halides is 3. The fraction of sp³-hybridized carbons (Fsp3) is 0.688. The Hall–Kier alpha value is -1.70. The van der Waals surface area contributed by atoms with E-state index in [0.29, 0.717) is 38.3 Å². The van der Waals surface area contributed by atoms with Gasteiger partial charge in [0.1, 0.15) is 5.82 Å². The number of nitrogens with zero attached hydrogens (tertiary/aromatic N) is 3. The van der Waals surface area contributed by atoms with Gasteiger partial charge in [-0.1, -0.05) is 0 Å². The van der Waals surface area contributed by atoms with Crippen LogP contribution in [-0.2, 0) is 28.5 Å². The Morgan fingerprint density at radius 1 is 1.33 bits per heavy atom. The molecule has 1 aromatic heterocycles. The normalized spacial score (nSPS) is 24.6. The molecule has 0 unspecified atom stereocenters. The summed E-state index contributed by atoms with van der Waals surface area (Å²) in [6.45, 7) is 4.77. The molecule has 1 aliphatic heterocycles. The minimum absolute atomic E-state index is 0.0490. The second-order valence-electron chi connectivity index (χ2n) is 6.44. The van der Waals surface area contributed by atoms with E-state index in [4.69, 9.17) is 4.74 Å². The van der Waals surface area contributed by atoms with Crippen molar-refractivity contribution in [2.45, 2.75) is 45.3 Å². The molecule has 1 aromatic rings. The molecule has 132 valence electrons. The number of amides is 1. The smallest absolute Gasteiger partial charge is 0.377 e. The Bertz CT molecular complexity index is 648. The van der Waals surface area contributed by atoms with Gasteiger partial charge < -0.3 is 9.64 Å². The Morgan fingerprint density at radius 3 is 2.75 bits per heavy atom. The van der Waals surface area contributed by atoms with Crippen molar-refractivity contribution in [3.63, 3.8) is 0 Å². The zero-order valence-corrected chi connectivity index (χ0v) is 13.7. The van der Waals surface area contributed by atoms with Crippen LogP contribution >= 0.6 is 0 Å². The first kappa shape index (κ1) is 17.1. The maximum absolute atomic E-state index is 13.3. The van der Waals surface area contributed by atoms with Gasteiger partial charge in [-0.15, -0.1) is 0 Å². The Kier molecular flexibility index (Phi) is 4.50. The molecule has 0 bridgehead atoms.